The quantitative estimate of drug-likeness (QED) is 0.917. The molecule has 1 fully saturated rings. The zero-order valence-corrected chi connectivity index (χ0v) is 15.4. The highest BCUT2D eigenvalue weighted by Crippen LogP contribution is 2.31. The maximum absolute atomic E-state index is 13.0. The van der Waals surface area contributed by atoms with E-state index < -0.39 is 10.0 Å². The SMILES string of the molecule is CC1CCCCC1NS(=O)(=O)c1cccc2c(N(C)C)cccc12. The van der Waals surface area contributed by atoms with E-state index in [0.29, 0.717) is 10.8 Å². The van der Waals surface area contributed by atoms with Crippen molar-refractivity contribution in [2.45, 2.75) is 43.5 Å². The van der Waals surface area contributed by atoms with Gasteiger partial charge < -0.3 is 4.90 Å². The third kappa shape index (κ3) is 3.28. The third-order valence-corrected chi connectivity index (χ3v) is 6.60. The Hall–Kier alpha value is -1.59. The van der Waals surface area contributed by atoms with Gasteiger partial charge in [-0.3, -0.25) is 0 Å². The molecule has 0 aromatic heterocycles. The summed E-state index contributed by atoms with van der Waals surface area (Å²) >= 11 is 0. The topological polar surface area (TPSA) is 49.4 Å². The van der Waals surface area contributed by atoms with Gasteiger partial charge in [0, 0.05) is 36.6 Å². The van der Waals surface area contributed by atoms with Crippen molar-refractivity contribution in [1.82, 2.24) is 4.72 Å². The summed E-state index contributed by atoms with van der Waals surface area (Å²) in [5, 5.41) is 1.74. The Labute approximate surface area is 144 Å². The number of sulfonamides is 1. The maximum Gasteiger partial charge on any atom is 0.241 e. The number of fused-ring (bicyclic) bond motifs is 1. The zero-order valence-electron chi connectivity index (χ0n) is 14.6. The average Bonchev–Trinajstić information content (AvgIpc) is 2.55. The first-order chi connectivity index (χ1) is 11.4. The molecule has 0 amide bonds. The van der Waals surface area contributed by atoms with Crippen molar-refractivity contribution in [3.63, 3.8) is 0 Å². The Morgan fingerprint density at radius 3 is 2.38 bits per heavy atom. The van der Waals surface area contributed by atoms with Gasteiger partial charge in [0.05, 0.1) is 4.90 Å². The summed E-state index contributed by atoms with van der Waals surface area (Å²) in [6.45, 7) is 2.14. The van der Waals surface area contributed by atoms with E-state index in [9.17, 15) is 8.42 Å². The van der Waals surface area contributed by atoms with Gasteiger partial charge >= 0.3 is 0 Å². The molecule has 0 aliphatic heterocycles. The fourth-order valence-electron chi connectivity index (χ4n) is 3.64. The summed E-state index contributed by atoms with van der Waals surface area (Å²) in [6, 6.07) is 11.4. The van der Waals surface area contributed by atoms with Gasteiger partial charge in [0.2, 0.25) is 10.0 Å². The number of nitrogens with one attached hydrogen (secondary N) is 1. The average molecular weight is 346 g/mol. The van der Waals surface area contributed by atoms with E-state index in [4.69, 9.17) is 0 Å². The third-order valence-electron chi connectivity index (χ3n) is 5.05. The molecule has 0 spiro atoms. The van der Waals surface area contributed by atoms with E-state index >= 15 is 0 Å². The number of hydrogen-bond donors (Lipinski definition) is 1. The normalized spacial score (nSPS) is 21.8. The Kier molecular flexibility index (Phi) is 4.83. The maximum atomic E-state index is 13.0. The highest BCUT2D eigenvalue weighted by Gasteiger charge is 2.27. The van der Waals surface area contributed by atoms with E-state index in [1.807, 2.05) is 49.3 Å². The number of anilines is 1. The minimum atomic E-state index is -3.53. The van der Waals surface area contributed by atoms with Crippen molar-refractivity contribution in [3.8, 4) is 0 Å². The molecule has 2 unspecified atom stereocenters. The number of rotatable bonds is 4. The summed E-state index contributed by atoms with van der Waals surface area (Å²) in [5.41, 5.74) is 1.02. The van der Waals surface area contributed by atoms with Crippen molar-refractivity contribution in [2.75, 3.05) is 19.0 Å². The van der Waals surface area contributed by atoms with Crippen LogP contribution in [0.15, 0.2) is 41.3 Å². The number of nitrogens with zero attached hydrogens (tertiary/aromatic N) is 1. The van der Waals surface area contributed by atoms with Crippen LogP contribution in [0.25, 0.3) is 10.8 Å². The summed E-state index contributed by atoms with van der Waals surface area (Å²) in [4.78, 5) is 2.39. The van der Waals surface area contributed by atoms with Crippen LogP contribution >= 0.6 is 0 Å². The molecule has 1 aliphatic carbocycles. The predicted molar refractivity (Wildman–Crippen MR) is 100 cm³/mol. The first-order valence-electron chi connectivity index (χ1n) is 8.61. The molecule has 1 N–H and O–H groups in total. The zero-order chi connectivity index (χ0) is 17.3. The second-order valence-corrected chi connectivity index (χ2v) is 8.69. The monoisotopic (exact) mass is 346 g/mol. The van der Waals surface area contributed by atoms with Gasteiger partial charge in [0.1, 0.15) is 0 Å². The van der Waals surface area contributed by atoms with Crippen LogP contribution in [0.5, 0.6) is 0 Å². The first-order valence-corrected chi connectivity index (χ1v) is 10.1. The molecule has 3 rings (SSSR count). The smallest absolute Gasteiger partial charge is 0.241 e. The van der Waals surface area contributed by atoms with Crippen molar-refractivity contribution in [1.29, 1.82) is 0 Å². The first kappa shape index (κ1) is 17.2. The van der Waals surface area contributed by atoms with E-state index in [2.05, 4.69) is 11.6 Å². The van der Waals surface area contributed by atoms with Crippen molar-refractivity contribution in [3.05, 3.63) is 36.4 Å². The molecule has 2 aromatic rings. The van der Waals surface area contributed by atoms with Crippen LogP contribution in [0.3, 0.4) is 0 Å². The molecule has 4 nitrogen and oxygen atoms in total. The summed E-state index contributed by atoms with van der Waals surface area (Å²) in [6.07, 6.45) is 4.30. The molecular weight excluding hydrogens is 320 g/mol. The van der Waals surface area contributed by atoms with E-state index in [1.54, 1.807) is 6.07 Å². The Morgan fingerprint density at radius 1 is 1.00 bits per heavy atom. The Bertz CT molecular complexity index is 830. The molecule has 24 heavy (non-hydrogen) atoms. The van der Waals surface area contributed by atoms with Crippen LogP contribution in [-0.2, 0) is 10.0 Å². The number of hydrogen-bond acceptors (Lipinski definition) is 3. The molecular formula is C19H26N2O2S. The van der Waals surface area contributed by atoms with Gasteiger partial charge in [-0.1, -0.05) is 44.0 Å². The van der Waals surface area contributed by atoms with Crippen LogP contribution in [-0.4, -0.2) is 28.6 Å². The molecule has 0 saturated heterocycles. The Morgan fingerprint density at radius 2 is 1.67 bits per heavy atom. The molecule has 0 bridgehead atoms. The lowest BCUT2D eigenvalue weighted by Gasteiger charge is -2.29. The molecule has 5 heteroatoms. The lowest BCUT2D eigenvalue weighted by Crippen LogP contribution is -2.41. The van der Waals surface area contributed by atoms with Gasteiger partial charge in [0.15, 0.2) is 0 Å². The van der Waals surface area contributed by atoms with Gasteiger partial charge in [-0.25, -0.2) is 13.1 Å². The molecule has 2 atom stereocenters. The molecule has 1 saturated carbocycles. The van der Waals surface area contributed by atoms with Gasteiger partial charge in [-0.2, -0.15) is 0 Å². The lowest BCUT2D eigenvalue weighted by atomic mass is 9.87. The van der Waals surface area contributed by atoms with Crippen molar-refractivity contribution >= 4 is 26.5 Å². The fraction of sp³-hybridized carbons (Fsp3) is 0.474. The molecule has 130 valence electrons. The molecule has 0 radical (unpaired) electrons. The minimum Gasteiger partial charge on any atom is -0.377 e. The summed E-state index contributed by atoms with van der Waals surface area (Å²) in [7, 11) is 0.410. The van der Waals surface area contributed by atoms with Gasteiger partial charge in [-0.05, 0) is 30.9 Å². The van der Waals surface area contributed by atoms with E-state index in [-0.39, 0.29) is 6.04 Å². The largest absolute Gasteiger partial charge is 0.377 e. The highest BCUT2D eigenvalue weighted by molar-refractivity contribution is 7.89. The summed E-state index contributed by atoms with van der Waals surface area (Å²) in [5.74, 6) is 0.390. The van der Waals surface area contributed by atoms with Crippen LogP contribution < -0.4 is 9.62 Å². The predicted octanol–water partition coefficient (Wildman–Crippen LogP) is 3.76. The second-order valence-electron chi connectivity index (χ2n) is 7.01. The number of benzene rings is 2. The van der Waals surface area contributed by atoms with Crippen LogP contribution in [0.1, 0.15) is 32.6 Å². The van der Waals surface area contributed by atoms with E-state index in [1.165, 1.54) is 6.42 Å². The fourth-order valence-corrected chi connectivity index (χ4v) is 5.24. The standard InChI is InChI=1S/C19H26N2O2S/c1-14-8-4-5-11-17(14)20-24(22,23)19-13-7-9-15-16(19)10-6-12-18(15)21(2)3/h6-7,9-10,12-14,17,20H,4-5,8,11H2,1-3H3. The van der Waals surface area contributed by atoms with Crippen LogP contribution in [0, 0.1) is 5.92 Å². The minimum absolute atomic E-state index is 0.0380. The van der Waals surface area contributed by atoms with Crippen molar-refractivity contribution in [2.24, 2.45) is 5.92 Å². The van der Waals surface area contributed by atoms with Crippen LogP contribution in [0.4, 0.5) is 5.69 Å². The van der Waals surface area contributed by atoms with Crippen molar-refractivity contribution < 1.29 is 8.42 Å². The van der Waals surface area contributed by atoms with E-state index in [0.717, 1.165) is 35.7 Å². The highest BCUT2D eigenvalue weighted by atomic mass is 32.2. The summed E-state index contributed by atoms with van der Waals surface area (Å²) < 4.78 is 29.0. The molecule has 2 aromatic carbocycles. The second kappa shape index (κ2) is 6.73. The lowest BCUT2D eigenvalue weighted by molar-refractivity contribution is 0.310. The van der Waals surface area contributed by atoms with Gasteiger partial charge in [-0.15, -0.1) is 0 Å². The van der Waals surface area contributed by atoms with Crippen LogP contribution in [0.2, 0.25) is 0 Å². The molecule has 1 aliphatic rings. The van der Waals surface area contributed by atoms with Gasteiger partial charge in [0.25, 0.3) is 0 Å². The Balaban J connectivity index is 2.03. The molecule has 0 heterocycles.